The van der Waals surface area contributed by atoms with Gasteiger partial charge in [-0.25, -0.2) is 0 Å². The van der Waals surface area contributed by atoms with Gasteiger partial charge in [-0.3, -0.25) is 14.8 Å². The Morgan fingerprint density at radius 2 is 1.88 bits per heavy atom. The molecule has 0 spiro atoms. The number of hydrogen-bond donors (Lipinski definition) is 3. The van der Waals surface area contributed by atoms with Crippen LogP contribution in [-0.2, 0) is 19.6 Å². The molecule has 0 amide bonds. The highest BCUT2D eigenvalue weighted by molar-refractivity contribution is 14.0. The summed E-state index contributed by atoms with van der Waals surface area (Å²) in [5.74, 6) is 0.749. The van der Waals surface area contributed by atoms with Gasteiger partial charge in [0.05, 0.1) is 18.8 Å². The monoisotopic (exact) mass is 451 g/mol. The van der Waals surface area contributed by atoms with Crippen LogP contribution >= 0.6 is 24.0 Å². The standard InChI is InChI=1S/C17H21N7.HI/c1-18-17(20-12-16-7-9-21-23-16)19-11-14-5-2-3-6-15(14)13-24-10-4-8-22-24;/h2-10H,11-13H2,1H3,(H,21,23)(H2,18,19,20);1H. The molecule has 0 unspecified atom stereocenters. The Bertz CT molecular complexity index is 766. The molecule has 0 atom stereocenters. The first-order valence-corrected chi connectivity index (χ1v) is 7.82. The Labute approximate surface area is 164 Å². The van der Waals surface area contributed by atoms with E-state index in [9.17, 15) is 0 Å². The molecule has 0 saturated carbocycles. The molecule has 7 nitrogen and oxygen atoms in total. The lowest BCUT2D eigenvalue weighted by Gasteiger charge is -2.14. The van der Waals surface area contributed by atoms with E-state index < -0.39 is 0 Å². The first-order chi connectivity index (χ1) is 11.8. The summed E-state index contributed by atoms with van der Waals surface area (Å²) in [5.41, 5.74) is 3.47. The van der Waals surface area contributed by atoms with E-state index in [0.29, 0.717) is 13.1 Å². The second kappa shape index (κ2) is 9.82. The minimum Gasteiger partial charge on any atom is -0.352 e. The highest BCUT2D eigenvalue weighted by Gasteiger charge is 2.05. The molecule has 0 saturated heterocycles. The van der Waals surface area contributed by atoms with Crippen LogP contribution in [0.4, 0.5) is 0 Å². The highest BCUT2D eigenvalue weighted by Crippen LogP contribution is 2.10. The normalized spacial score (nSPS) is 11.0. The Hall–Kier alpha value is -2.36. The van der Waals surface area contributed by atoms with Gasteiger partial charge in [0.2, 0.25) is 0 Å². The van der Waals surface area contributed by atoms with Crippen LogP contribution in [-0.4, -0.2) is 33.0 Å². The number of benzene rings is 1. The molecular weight excluding hydrogens is 429 g/mol. The van der Waals surface area contributed by atoms with Crippen LogP contribution in [0.2, 0.25) is 0 Å². The molecule has 132 valence electrons. The maximum atomic E-state index is 4.27. The van der Waals surface area contributed by atoms with Crippen molar-refractivity contribution >= 4 is 29.9 Å². The van der Waals surface area contributed by atoms with Crippen molar-refractivity contribution in [1.82, 2.24) is 30.6 Å². The molecule has 0 radical (unpaired) electrons. The van der Waals surface area contributed by atoms with Gasteiger partial charge in [0, 0.05) is 32.2 Å². The summed E-state index contributed by atoms with van der Waals surface area (Å²) in [5, 5.41) is 17.7. The van der Waals surface area contributed by atoms with E-state index in [4.69, 9.17) is 0 Å². The molecule has 8 heteroatoms. The molecule has 3 rings (SSSR count). The Morgan fingerprint density at radius 1 is 1.08 bits per heavy atom. The van der Waals surface area contributed by atoms with E-state index in [1.54, 1.807) is 19.4 Å². The van der Waals surface area contributed by atoms with Gasteiger partial charge in [0.25, 0.3) is 0 Å². The number of halogens is 1. The Kier molecular flexibility index (Phi) is 7.45. The summed E-state index contributed by atoms with van der Waals surface area (Å²) in [6.45, 7) is 2.10. The molecule has 25 heavy (non-hydrogen) atoms. The molecule has 3 aromatic rings. The minimum absolute atomic E-state index is 0. The van der Waals surface area contributed by atoms with Crippen LogP contribution in [0, 0.1) is 0 Å². The van der Waals surface area contributed by atoms with Crippen molar-refractivity contribution in [2.45, 2.75) is 19.6 Å². The first kappa shape index (κ1) is 19.0. The fourth-order valence-electron chi connectivity index (χ4n) is 2.41. The van der Waals surface area contributed by atoms with Crippen molar-refractivity contribution in [1.29, 1.82) is 0 Å². The number of aromatic amines is 1. The van der Waals surface area contributed by atoms with Gasteiger partial charge in [0.15, 0.2) is 5.96 Å². The second-order valence-electron chi connectivity index (χ2n) is 5.33. The van der Waals surface area contributed by atoms with Gasteiger partial charge in [0.1, 0.15) is 0 Å². The molecule has 0 aliphatic carbocycles. The fourth-order valence-corrected chi connectivity index (χ4v) is 2.41. The number of hydrogen-bond acceptors (Lipinski definition) is 3. The summed E-state index contributed by atoms with van der Waals surface area (Å²) in [6, 6.07) is 12.2. The second-order valence-corrected chi connectivity index (χ2v) is 5.33. The molecule has 0 fully saturated rings. The van der Waals surface area contributed by atoms with Crippen molar-refractivity contribution in [3.8, 4) is 0 Å². The molecular formula is C17H22IN7. The van der Waals surface area contributed by atoms with Crippen molar-refractivity contribution in [2.24, 2.45) is 4.99 Å². The predicted molar refractivity (Wildman–Crippen MR) is 109 cm³/mol. The number of nitrogens with zero attached hydrogens (tertiary/aromatic N) is 4. The lowest BCUT2D eigenvalue weighted by Crippen LogP contribution is -2.36. The fraction of sp³-hybridized carbons (Fsp3) is 0.235. The number of rotatable bonds is 6. The SMILES string of the molecule is CN=C(NCc1ccn[nH]1)NCc1ccccc1Cn1cccn1.I. The van der Waals surface area contributed by atoms with E-state index in [-0.39, 0.29) is 24.0 Å². The van der Waals surface area contributed by atoms with Crippen LogP contribution in [0.15, 0.2) is 60.0 Å². The Balaban J connectivity index is 0.00000225. The minimum atomic E-state index is 0. The zero-order chi connectivity index (χ0) is 16.6. The summed E-state index contributed by atoms with van der Waals surface area (Å²) in [4.78, 5) is 4.25. The third kappa shape index (κ3) is 5.59. The zero-order valence-electron chi connectivity index (χ0n) is 14.0. The summed E-state index contributed by atoms with van der Waals surface area (Å²) >= 11 is 0. The maximum Gasteiger partial charge on any atom is 0.191 e. The van der Waals surface area contributed by atoms with E-state index in [1.165, 1.54) is 11.1 Å². The smallest absolute Gasteiger partial charge is 0.191 e. The van der Waals surface area contributed by atoms with Gasteiger partial charge in [-0.2, -0.15) is 10.2 Å². The van der Waals surface area contributed by atoms with Crippen LogP contribution in [0.25, 0.3) is 0 Å². The van der Waals surface area contributed by atoms with E-state index in [1.807, 2.05) is 35.1 Å². The number of aliphatic imine (C=N–C) groups is 1. The molecule has 2 heterocycles. The molecule has 3 N–H and O–H groups in total. The highest BCUT2D eigenvalue weighted by atomic mass is 127. The van der Waals surface area contributed by atoms with Crippen LogP contribution in [0.3, 0.4) is 0 Å². The summed E-state index contributed by atoms with van der Waals surface area (Å²) in [7, 11) is 1.76. The first-order valence-electron chi connectivity index (χ1n) is 7.82. The number of H-pyrrole nitrogens is 1. The van der Waals surface area contributed by atoms with Crippen LogP contribution in [0.1, 0.15) is 16.8 Å². The largest absolute Gasteiger partial charge is 0.352 e. The van der Waals surface area contributed by atoms with Crippen LogP contribution < -0.4 is 10.6 Å². The van der Waals surface area contributed by atoms with Crippen molar-refractivity contribution in [3.63, 3.8) is 0 Å². The van der Waals surface area contributed by atoms with Crippen molar-refractivity contribution < 1.29 is 0 Å². The Morgan fingerprint density at radius 3 is 2.56 bits per heavy atom. The topological polar surface area (TPSA) is 82.9 Å². The van der Waals surface area contributed by atoms with E-state index in [0.717, 1.165) is 18.2 Å². The van der Waals surface area contributed by atoms with Crippen LogP contribution in [0.5, 0.6) is 0 Å². The van der Waals surface area contributed by atoms with Crippen molar-refractivity contribution in [3.05, 3.63) is 71.8 Å². The average molecular weight is 451 g/mol. The number of guanidine groups is 1. The zero-order valence-corrected chi connectivity index (χ0v) is 16.3. The molecule has 0 bridgehead atoms. The maximum absolute atomic E-state index is 4.27. The van der Waals surface area contributed by atoms with Gasteiger partial charge < -0.3 is 10.6 Å². The lowest BCUT2D eigenvalue weighted by molar-refractivity contribution is 0.677. The molecule has 0 aliphatic heterocycles. The number of aromatic nitrogens is 4. The van der Waals surface area contributed by atoms with Gasteiger partial charge in [-0.05, 0) is 23.3 Å². The van der Waals surface area contributed by atoms with Gasteiger partial charge >= 0.3 is 0 Å². The third-order valence-corrected chi connectivity index (χ3v) is 3.68. The summed E-state index contributed by atoms with van der Waals surface area (Å²) in [6.07, 6.45) is 5.50. The van der Waals surface area contributed by atoms with E-state index in [2.05, 4.69) is 43.1 Å². The summed E-state index contributed by atoms with van der Waals surface area (Å²) < 4.78 is 1.92. The predicted octanol–water partition coefficient (Wildman–Crippen LogP) is 2.14. The van der Waals surface area contributed by atoms with E-state index >= 15 is 0 Å². The quantitative estimate of drug-likeness (QED) is 0.305. The average Bonchev–Trinajstić information content (AvgIpc) is 3.30. The molecule has 0 aliphatic rings. The van der Waals surface area contributed by atoms with Crippen molar-refractivity contribution in [2.75, 3.05) is 7.05 Å². The molecule has 1 aromatic carbocycles. The molecule has 2 aromatic heterocycles. The third-order valence-electron chi connectivity index (χ3n) is 3.68. The van der Waals surface area contributed by atoms with Gasteiger partial charge in [-0.1, -0.05) is 24.3 Å². The number of nitrogens with one attached hydrogen (secondary N) is 3. The lowest BCUT2D eigenvalue weighted by atomic mass is 10.1. The van der Waals surface area contributed by atoms with Gasteiger partial charge in [-0.15, -0.1) is 24.0 Å².